The standard InChI is InChI=1S/C12H2F6O4/c13-5-1-2(8(16)10(18)3(5)11(19)20)6(14)4(12(21)22)9(17)7(1)15/h(H,19,20)(H,21,22). The van der Waals surface area contributed by atoms with Gasteiger partial charge in [-0.15, -0.1) is 0 Å². The molecule has 116 valence electrons. The molecule has 0 saturated carbocycles. The Labute approximate surface area is 116 Å². The van der Waals surface area contributed by atoms with Crippen LogP contribution in [-0.4, -0.2) is 22.2 Å². The van der Waals surface area contributed by atoms with E-state index in [0.717, 1.165) is 0 Å². The fraction of sp³-hybridized carbons (Fsp3) is 0. The Morgan fingerprint density at radius 3 is 1.05 bits per heavy atom. The molecule has 2 N–H and O–H groups in total. The van der Waals surface area contributed by atoms with Crippen LogP contribution in [0.1, 0.15) is 20.7 Å². The van der Waals surface area contributed by atoms with Gasteiger partial charge < -0.3 is 10.2 Å². The minimum absolute atomic E-state index is 1.84. The SMILES string of the molecule is O=C(O)c1c(F)c(F)c2c(F)c(C(=O)O)c(F)c(F)c2c1F. The van der Waals surface area contributed by atoms with Crippen molar-refractivity contribution < 1.29 is 46.1 Å². The van der Waals surface area contributed by atoms with Crippen molar-refractivity contribution in [3.8, 4) is 0 Å². The number of aromatic carboxylic acids is 2. The van der Waals surface area contributed by atoms with E-state index in [1.54, 1.807) is 0 Å². The number of halogens is 6. The van der Waals surface area contributed by atoms with Crippen LogP contribution in [0.5, 0.6) is 0 Å². The highest BCUT2D eigenvalue weighted by Gasteiger charge is 2.34. The van der Waals surface area contributed by atoms with Crippen LogP contribution in [-0.2, 0) is 0 Å². The zero-order valence-corrected chi connectivity index (χ0v) is 9.98. The zero-order valence-electron chi connectivity index (χ0n) is 9.98. The first-order chi connectivity index (χ1) is 10.1. The predicted molar refractivity (Wildman–Crippen MR) is 57.6 cm³/mol. The van der Waals surface area contributed by atoms with Crippen LogP contribution in [0.3, 0.4) is 0 Å². The molecule has 0 unspecified atom stereocenters. The molecular weight excluding hydrogens is 322 g/mol. The van der Waals surface area contributed by atoms with E-state index in [-0.39, 0.29) is 0 Å². The highest BCUT2D eigenvalue weighted by molar-refractivity contribution is 6.00. The summed E-state index contributed by atoms with van der Waals surface area (Å²) in [5, 5.41) is 13.4. The topological polar surface area (TPSA) is 74.6 Å². The van der Waals surface area contributed by atoms with Crippen LogP contribution in [0.15, 0.2) is 0 Å². The third-order valence-corrected chi connectivity index (χ3v) is 2.82. The number of hydrogen-bond acceptors (Lipinski definition) is 2. The van der Waals surface area contributed by atoms with E-state index in [1.165, 1.54) is 0 Å². The largest absolute Gasteiger partial charge is 0.477 e. The average molecular weight is 324 g/mol. The summed E-state index contributed by atoms with van der Waals surface area (Å²) in [4.78, 5) is 21.3. The Hall–Kier alpha value is -2.78. The lowest BCUT2D eigenvalue weighted by Gasteiger charge is -2.11. The van der Waals surface area contributed by atoms with Gasteiger partial charge in [0.15, 0.2) is 34.9 Å². The van der Waals surface area contributed by atoms with E-state index in [4.69, 9.17) is 10.2 Å². The van der Waals surface area contributed by atoms with Crippen molar-refractivity contribution in [1.82, 2.24) is 0 Å². The molecule has 0 saturated heterocycles. The summed E-state index contributed by atoms with van der Waals surface area (Å²) < 4.78 is 81.9. The quantitative estimate of drug-likeness (QED) is 0.658. The summed E-state index contributed by atoms with van der Waals surface area (Å²) in [6.07, 6.45) is 0. The molecule has 0 heterocycles. The van der Waals surface area contributed by atoms with E-state index >= 15 is 0 Å². The van der Waals surface area contributed by atoms with Gasteiger partial charge >= 0.3 is 11.9 Å². The first-order valence-electron chi connectivity index (χ1n) is 5.24. The second-order valence-electron chi connectivity index (χ2n) is 3.99. The summed E-state index contributed by atoms with van der Waals surface area (Å²) in [6, 6.07) is 0. The molecule has 0 aromatic heterocycles. The van der Waals surface area contributed by atoms with Crippen LogP contribution in [0.4, 0.5) is 26.3 Å². The Morgan fingerprint density at radius 1 is 0.545 bits per heavy atom. The fourth-order valence-electron chi connectivity index (χ4n) is 1.89. The molecule has 4 nitrogen and oxygen atoms in total. The van der Waals surface area contributed by atoms with E-state index in [1.807, 2.05) is 0 Å². The van der Waals surface area contributed by atoms with Gasteiger partial charge in [0, 0.05) is 0 Å². The predicted octanol–water partition coefficient (Wildman–Crippen LogP) is 3.07. The second-order valence-corrected chi connectivity index (χ2v) is 3.99. The van der Waals surface area contributed by atoms with Crippen molar-refractivity contribution in [2.75, 3.05) is 0 Å². The maximum absolute atomic E-state index is 13.8. The highest BCUT2D eigenvalue weighted by Crippen LogP contribution is 2.34. The molecule has 0 aliphatic carbocycles. The average Bonchev–Trinajstić information content (AvgIpc) is 2.39. The number of hydrogen-bond donors (Lipinski definition) is 2. The van der Waals surface area contributed by atoms with Gasteiger partial charge in [-0.25, -0.2) is 35.9 Å². The van der Waals surface area contributed by atoms with Gasteiger partial charge in [-0.05, 0) is 0 Å². The second kappa shape index (κ2) is 4.90. The lowest BCUT2D eigenvalue weighted by molar-refractivity contribution is 0.0672. The minimum Gasteiger partial charge on any atom is -0.477 e. The number of benzene rings is 2. The van der Waals surface area contributed by atoms with Crippen molar-refractivity contribution in [3.05, 3.63) is 46.0 Å². The minimum atomic E-state index is -2.38. The molecule has 0 aliphatic heterocycles. The first kappa shape index (κ1) is 15.6. The smallest absolute Gasteiger partial charge is 0.341 e. The van der Waals surface area contributed by atoms with Gasteiger partial charge in [0.2, 0.25) is 0 Å². The molecule has 22 heavy (non-hydrogen) atoms. The van der Waals surface area contributed by atoms with E-state index in [2.05, 4.69) is 0 Å². The maximum Gasteiger partial charge on any atom is 0.341 e. The van der Waals surface area contributed by atoms with Crippen LogP contribution in [0.25, 0.3) is 10.8 Å². The van der Waals surface area contributed by atoms with Gasteiger partial charge in [-0.1, -0.05) is 0 Å². The molecule has 2 aromatic rings. The first-order valence-corrected chi connectivity index (χ1v) is 5.24. The molecule has 0 amide bonds. The Morgan fingerprint density at radius 2 is 0.818 bits per heavy atom. The number of carboxylic acid groups (broad SMARTS) is 2. The molecule has 0 radical (unpaired) electrons. The molecular formula is C12H2F6O4. The molecule has 10 heteroatoms. The Bertz CT molecular complexity index is 790. The van der Waals surface area contributed by atoms with Gasteiger partial charge in [-0.3, -0.25) is 0 Å². The van der Waals surface area contributed by atoms with E-state index < -0.39 is 68.7 Å². The van der Waals surface area contributed by atoms with Gasteiger partial charge in [0.05, 0.1) is 10.8 Å². The van der Waals surface area contributed by atoms with Gasteiger partial charge in [-0.2, -0.15) is 0 Å². The highest BCUT2D eigenvalue weighted by atomic mass is 19.2. The van der Waals surface area contributed by atoms with Gasteiger partial charge in [0.25, 0.3) is 0 Å². The lowest BCUT2D eigenvalue weighted by atomic mass is 10.00. The van der Waals surface area contributed by atoms with Crippen molar-refractivity contribution in [1.29, 1.82) is 0 Å². The van der Waals surface area contributed by atoms with Crippen LogP contribution < -0.4 is 0 Å². The van der Waals surface area contributed by atoms with E-state index in [0.29, 0.717) is 0 Å². The summed E-state index contributed by atoms with van der Waals surface area (Å²) >= 11 is 0. The lowest BCUT2D eigenvalue weighted by Crippen LogP contribution is -2.14. The number of rotatable bonds is 2. The third-order valence-electron chi connectivity index (χ3n) is 2.82. The number of fused-ring (bicyclic) bond motifs is 1. The summed E-state index contributed by atoms with van der Waals surface area (Å²) in [5.74, 6) is -18.7. The number of carbonyl (C=O) groups is 2. The molecule has 0 aliphatic rings. The van der Waals surface area contributed by atoms with Crippen molar-refractivity contribution >= 4 is 22.7 Å². The molecule has 0 spiro atoms. The van der Waals surface area contributed by atoms with Crippen molar-refractivity contribution in [2.45, 2.75) is 0 Å². The van der Waals surface area contributed by atoms with Gasteiger partial charge in [0.1, 0.15) is 11.1 Å². The zero-order chi connectivity index (χ0) is 16.9. The van der Waals surface area contributed by atoms with Crippen LogP contribution in [0.2, 0.25) is 0 Å². The molecule has 0 fully saturated rings. The van der Waals surface area contributed by atoms with Crippen LogP contribution >= 0.6 is 0 Å². The molecule has 2 rings (SSSR count). The summed E-state index contributed by atoms with van der Waals surface area (Å²) in [6.45, 7) is 0. The summed E-state index contributed by atoms with van der Waals surface area (Å²) in [5.41, 5.74) is -3.93. The van der Waals surface area contributed by atoms with Crippen LogP contribution in [0, 0.1) is 34.9 Å². The van der Waals surface area contributed by atoms with Crippen molar-refractivity contribution in [3.63, 3.8) is 0 Å². The molecule has 0 atom stereocenters. The molecule has 0 bridgehead atoms. The normalized spacial score (nSPS) is 11.0. The van der Waals surface area contributed by atoms with Crippen molar-refractivity contribution in [2.24, 2.45) is 0 Å². The Kier molecular flexibility index (Phi) is 3.47. The fourth-order valence-corrected chi connectivity index (χ4v) is 1.89. The maximum atomic E-state index is 13.8. The van der Waals surface area contributed by atoms with E-state index in [9.17, 15) is 35.9 Å². The monoisotopic (exact) mass is 324 g/mol. The number of carboxylic acids is 2. The Balaban J connectivity index is 3.22. The molecule has 2 aromatic carbocycles. The third kappa shape index (κ3) is 1.87. The summed E-state index contributed by atoms with van der Waals surface area (Å²) in [7, 11) is 0.